The van der Waals surface area contributed by atoms with Gasteiger partial charge in [-0.2, -0.15) is 0 Å². The lowest BCUT2D eigenvalue weighted by molar-refractivity contribution is -0.127. The monoisotopic (exact) mass is 366 g/mol. The maximum Gasteiger partial charge on any atom is 0.255 e. The SMILES string of the molecule is Cc1cccc(Nc2ncccc2C(=O)NCCCN2CCCC2=O)c1C. The number of nitrogens with one attached hydrogen (secondary N) is 2. The third kappa shape index (κ3) is 4.64. The minimum absolute atomic E-state index is 0.163. The smallest absolute Gasteiger partial charge is 0.255 e. The molecule has 2 heterocycles. The number of carbonyl (C=O) groups is 2. The summed E-state index contributed by atoms with van der Waals surface area (Å²) in [6, 6.07) is 9.53. The van der Waals surface area contributed by atoms with Gasteiger partial charge >= 0.3 is 0 Å². The molecule has 0 bridgehead atoms. The molecule has 142 valence electrons. The van der Waals surface area contributed by atoms with E-state index in [2.05, 4.69) is 28.6 Å². The number of carbonyl (C=O) groups excluding carboxylic acids is 2. The van der Waals surface area contributed by atoms with Gasteiger partial charge in [0.25, 0.3) is 5.91 Å². The minimum atomic E-state index is -0.163. The van der Waals surface area contributed by atoms with Crippen LogP contribution in [0.15, 0.2) is 36.5 Å². The first-order valence-electron chi connectivity index (χ1n) is 9.40. The lowest BCUT2D eigenvalue weighted by Crippen LogP contribution is -2.31. The Morgan fingerprint density at radius 2 is 2.07 bits per heavy atom. The molecule has 0 saturated carbocycles. The summed E-state index contributed by atoms with van der Waals surface area (Å²) in [5.74, 6) is 0.593. The zero-order chi connectivity index (χ0) is 19.2. The number of aromatic nitrogens is 1. The Kier molecular flexibility index (Phi) is 6.06. The fraction of sp³-hybridized carbons (Fsp3) is 0.381. The van der Waals surface area contributed by atoms with Crippen LogP contribution >= 0.6 is 0 Å². The topological polar surface area (TPSA) is 74.3 Å². The van der Waals surface area contributed by atoms with Crippen molar-refractivity contribution >= 4 is 23.3 Å². The Morgan fingerprint density at radius 1 is 1.22 bits per heavy atom. The zero-order valence-corrected chi connectivity index (χ0v) is 15.9. The van der Waals surface area contributed by atoms with E-state index in [1.165, 1.54) is 5.56 Å². The molecule has 6 heteroatoms. The number of nitrogens with zero attached hydrogens (tertiary/aromatic N) is 2. The van der Waals surface area contributed by atoms with Crippen LogP contribution in [0.25, 0.3) is 0 Å². The molecule has 1 fully saturated rings. The molecule has 0 aliphatic carbocycles. The van der Waals surface area contributed by atoms with Crippen molar-refractivity contribution in [1.29, 1.82) is 0 Å². The summed E-state index contributed by atoms with van der Waals surface area (Å²) in [5.41, 5.74) is 3.76. The standard InChI is InChI=1S/C21H26N4O2/c1-15-7-3-9-18(16(15)2)24-20-17(8-4-11-22-20)21(27)23-12-6-14-25-13-5-10-19(25)26/h3-4,7-9,11H,5-6,10,12-14H2,1-2H3,(H,22,24)(H,23,27). The van der Waals surface area contributed by atoms with Gasteiger partial charge < -0.3 is 15.5 Å². The summed E-state index contributed by atoms with van der Waals surface area (Å²) in [7, 11) is 0. The van der Waals surface area contributed by atoms with Crippen molar-refractivity contribution in [1.82, 2.24) is 15.2 Å². The van der Waals surface area contributed by atoms with Gasteiger partial charge in [0.05, 0.1) is 5.56 Å². The lowest BCUT2D eigenvalue weighted by Gasteiger charge is -2.16. The number of anilines is 2. The van der Waals surface area contributed by atoms with Crippen LogP contribution in [0.1, 0.15) is 40.7 Å². The van der Waals surface area contributed by atoms with Gasteiger partial charge in [0.2, 0.25) is 5.91 Å². The molecule has 0 radical (unpaired) electrons. The molecule has 1 aliphatic rings. The average Bonchev–Trinajstić information content (AvgIpc) is 3.08. The van der Waals surface area contributed by atoms with E-state index >= 15 is 0 Å². The number of aryl methyl sites for hydroxylation is 1. The largest absolute Gasteiger partial charge is 0.352 e. The fourth-order valence-electron chi connectivity index (χ4n) is 3.21. The van der Waals surface area contributed by atoms with Crippen molar-refractivity contribution in [2.75, 3.05) is 25.0 Å². The highest BCUT2D eigenvalue weighted by Crippen LogP contribution is 2.23. The molecule has 1 aliphatic heterocycles. The second-order valence-electron chi connectivity index (χ2n) is 6.87. The highest BCUT2D eigenvalue weighted by molar-refractivity contribution is 5.99. The van der Waals surface area contributed by atoms with Crippen molar-refractivity contribution in [3.8, 4) is 0 Å². The molecule has 27 heavy (non-hydrogen) atoms. The quantitative estimate of drug-likeness (QED) is 0.738. The predicted molar refractivity (Wildman–Crippen MR) is 106 cm³/mol. The number of likely N-dealkylation sites (tertiary alicyclic amines) is 1. The van der Waals surface area contributed by atoms with E-state index in [4.69, 9.17) is 0 Å². The van der Waals surface area contributed by atoms with Crippen LogP contribution in [0.5, 0.6) is 0 Å². The van der Waals surface area contributed by atoms with E-state index in [0.29, 0.717) is 30.9 Å². The average molecular weight is 366 g/mol. The van der Waals surface area contributed by atoms with Crippen molar-refractivity contribution in [2.45, 2.75) is 33.1 Å². The van der Waals surface area contributed by atoms with Gasteiger partial charge in [-0.1, -0.05) is 12.1 Å². The Morgan fingerprint density at radius 3 is 2.85 bits per heavy atom. The van der Waals surface area contributed by atoms with Gasteiger partial charge in [0.1, 0.15) is 5.82 Å². The third-order valence-electron chi connectivity index (χ3n) is 4.97. The highest BCUT2D eigenvalue weighted by Gasteiger charge is 2.19. The van der Waals surface area contributed by atoms with Gasteiger partial charge in [0.15, 0.2) is 0 Å². The summed E-state index contributed by atoms with van der Waals surface area (Å²) >= 11 is 0. The number of hydrogen-bond acceptors (Lipinski definition) is 4. The molecule has 2 aromatic rings. The van der Waals surface area contributed by atoms with Gasteiger partial charge in [-0.25, -0.2) is 4.98 Å². The van der Waals surface area contributed by atoms with Crippen LogP contribution in [-0.4, -0.2) is 41.3 Å². The van der Waals surface area contributed by atoms with E-state index in [1.54, 1.807) is 18.3 Å². The molecular formula is C21H26N4O2. The summed E-state index contributed by atoms with van der Waals surface area (Å²) in [6.07, 6.45) is 4.00. The Labute approximate surface area is 160 Å². The second-order valence-corrected chi connectivity index (χ2v) is 6.87. The second kappa shape index (κ2) is 8.66. The number of pyridine rings is 1. The van der Waals surface area contributed by atoms with Crippen LogP contribution in [0.2, 0.25) is 0 Å². The van der Waals surface area contributed by atoms with Crippen molar-refractivity contribution in [3.05, 3.63) is 53.2 Å². The number of hydrogen-bond donors (Lipinski definition) is 2. The Balaban J connectivity index is 1.60. The van der Waals surface area contributed by atoms with E-state index in [0.717, 1.165) is 30.6 Å². The minimum Gasteiger partial charge on any atom is -0.352 e. The van der Waals surface area contributed by atoms with Crippen LogP contribution in [-0.2, 0) is 4.79 Å². The first kappa shape index (κ1) is 18.9. The van der Waals surface area contributed by atoms with Gasteiger partial charge in [0, 0.05) is 37.9 Å². The normalized spacial score (nSPS) is 13.7. The molecule has 0 unspecified atom stereocenters. The molecule has 0 atom stereocenters. The van der Waals surface area contributed by atoms with Crippen molar-refractivity contribution in [3.63, 3.8) is 0 Å². The van der Waals surface area contributed by atoms with E-state index < -0.39 is 0 Å². The molecule has 1 aromatic heterocycles. The van der Waals surface area contributed by atoms with Crippen LogP contribution < -0.4 is 10.6 Å². The molecule has 2 N–H and O–H groups in total. The molecule has 0 spiro atoms. The van der Waals surface area contributed by atoms with Crippen LogP contribution in [0, 0.1) is 13.8 Å². The molecule has 2 amide bonds. The molecule has 3 rings (SSSR count). The Bertz CT molecular complexity index is 835. The third-order valence-corrected chi connectivity index (χ3v) is 4.97. The molecule has 6 nitrogen and oxygen atoms in total. The van der Waals surface area contributed by atoms with Crippen molar-refractivity contribution in [2.24, 2.45) is 0 Å². The number of rotatable bonds is 7. The fourth-order valence-corrected chi connectivity index (χ4v) is 3.21. The van der Waals surface area contributed by atoms with Gasteiger partial charge in [-0.05, 0) is 56.0 Å². The van der Waals surface area contributed by atoms with E-state index in [1.807, 2.05) is 24.0 Å². The first-order chi connectivity index (χ1) is 13.1. The molecule has 1 aromatic carbocycles. The maximum atomic E-state index is 12.6. The molecular weight excluding hydrogens is 340 g/mol. The van der Waals surface area contributed by atoms with E-state index in [9.17, 15) is 9.59 Å². The summed E-state index contributed by atoms with van der Waals surface area (Å²) in [6.45, 7) is 6.15. The highest BCUT2D eigenvalue weighted by atomic mass is 16.2. The van der Waals surface area contributed by atoms with E-state index in [-0.39, 0.29) is 11.8 Å². The summed E-state index contributed by atoms with van der Waals surface area (Å²) in [5, 5.41) is 6.21. The predicted octanol–water partition coefficient (Wildman–Crippen LogP) is 3.18. The number of amides is 2. The van der Waals surface area contributed by atoms with Crippen LogP contribution in [0.4, 0.5) is 11.5 Å². The lowest BCUT2D eigenvalue weighted by atomic mass is 10.1. The maximum absolute atomic E-state index is 12.6. The molecule has 1 saturated heterocycles. The van der Waals surface area contributed by atoms with Gasteiger partial charge in [-0.15, -0.1) is 0 Å². The Hall–Kier alpha value is -2.89. The first-order valence-corrected chi connectivity index (χ1v) is 9.40. The summed E-state index contributed by atoms with van der Waals surface area (Å²) < 4.78 is 0. The zero-order valence-electron chi connectivity index (χ0n) is 15.9. The number of benzene rings is 1. The van der Waals surface area contributed by atoms with Crippen molar-refractivity contribution < 1.29 is 9.59 Å². The van der Waals surface area contributed by atoms with Gasteiger partial charge in [-0.3, -0.25) is 9.59 Å². The summed E-state index contributed by atoms with van der Waals surface area (Å²) in [4.78, 5) is 30.4. The van der Waals surface area contributed by atoms with Crippen LogP contribution in [0.3, 0.4) is 0 Å².